The van der Waals surface area contributed by atoms with Crippen LogP contribution in [0.2, 0.25) is 0 Å². The van der Waals surface area contributed by atoms with E-state index in [1.807, 2.05) is 31.2 Å². The smallest absolute Gasteiger partial charge is 0.251 e. The molecule has 0 aliphatic rings. The quantitative estimate of drug-likeness (QED) is 0.809. The van der Waals surface area contributed by atoms with Gasteiger partial charge in [0.05, 0.1) is 6.54 Å². The Morgan fingerprint density at radius 1 is 1.25 bits per heavy atom. The van der Waals surface area contributed by atoms with Gasteiger partial charge in [-0.25, -0.2) is 8.78 Å². The van der Waals surface area contributed by atoms with Gasteiger partial charge in [0.15, 0.2) is 0 Å². The zero-order chi connectivity index (χ0) is 12.0. The van der Waals surface area contributed by atoms with Crippen LogP contribution >= 0.6 is 0 Å². The molecule has 1 aromatic rings. The van der Waals surface area contributed by atoms with Crippen LogP contribution in [-0.2, 0) is 13.1 Å². The molecule has 0 saturated carbocycles. The summed E-state index contributed by atoms with van der Waals surface area (Å²) in [5.74, 6) is 0. The minimum absolute atomic E-state index is 0.185. The molecular weight excluding hydrogens is 210 g/mol. The maximum absolute atomic E-state index is 12.3. The minimum atomic E-state index is -2.29. The molecule has 4 heteroatoms. The van der Waals surface area contributed by atoms with E-state index in [4.69, 9.17) is 5.73 Å². The summed E-state index contributed by atoms with van der Waals surface area (Å²) in [6, 6.07) is 7.70. The van der Waals surface area contributed by atoms with Gasteiger partial charge in [0.25, 0.3) is 6.43 Å². The van der Waals surface area contributed by atoms with E-state index in [1.165, 1.54) is 0 Å². The van der Waals surface area contributed by atoms with Crippen LogP contribution in [0, 0.1) is 0 Å². The Labute approximate surface area is 95.1 Å². The van der Waals surface area contributed by atoms with Crippen molar-refractivity contribution in [2.24, 2.45) is 5.73 Å². The molecule has 0 radical (unpaired) electrons. The van der Waals surface area contributed by atoms with Crippen LogP contribution in [0.15, 0.2) is 24.3 Å². The van der Waals surface area contributed by atoms with Crippen molar-refractivity contribution in [3.05, 3.63) is 35.4 Å². The van der Waals surface area contributed by atoms with Crippen molar-refractivity contribution in [1.29, 1.82) is 0 Å². The Morgan fingerprint density at radius 3 is 2.38 bits per heavy atom. The fourth-order valence-electron chi connectivity index (χ4n) is 1.65. The first kappa shape index (κ1) is 13.1. The fourth-order valence-corrected chi connectivity index (χ4v) is 1.65. The fraction of sp³-hybridized carbons (Fsp3) is 0.500. The second kappa shape index (κ2) is 6.55. The molecular formula is C12H18F2N2. The SMILES string of the molecule is CCN(Cc1ccccc1CN)CC(F)F. The van der Waals surface area contributed by atoms with Crippen molar-refractivity contribution < 1.29 is 8.78 Å². The van der Waals surface area contributed by atoms with E-state index in [2.05, 4.69) is 0 Å². The summed E-state index contributed by atoms with van der Waals surface area (Å²) in [4.78, 5) is 1.72. The summed E-state index contributed by atoms with van der Waals surface area (Å²) in [7, 11) is 0. The topological polar surface area (TPSA) is 29.3 Å². The summed E-state index contributed by atoms with van der Waals surface area (Å²) >= 11 is 0. The van der Waals surface area contributed by atoms with Gasteiger partial charge in [-0.05, 0) is 17.7 Å². The average molecular weight is 228 g/mol. The molecule has 16 heavy (non-hydrogen) atoms. The predicted molar refractivity (Wildman–Crippen MR) is 61.3 cm³/mol. The van der Waals surface area contributed by atoms with Gasteiger partial charge >= 0.3 is 0 Å². The molecule has 0 spiro atoms. The first-order valence-electron chi connectivity index (χ1n) is 5.44. The number of benzene rings is 1. The molecule has 1 rings (SSSR count). The lowest BCUT2D eigenvalue weighted by atomic mass is 10.1. The monoisotopic (exact) mass is 228 g/mol. The molecule has 2 nitrogen and oxygen atoms in total. The van der Waals surface area contributed by atoms with Crippen LogP contribution in [0.4, 0.5) is 8.78 Å². The van der Waals surface area contributed by atoms with Gasteiger partial charge in [-0.3, -0.25) is 4.90 Å². The number of hydrogen-bond donors (Lipinski definition) is 1. The molecule has 0 aliphatic heterocycles. The third kappa shape index (κ3) is 3.87. The summed E-state index contributed by atoms with van der Waals surface area (Å²) in [5.41, 5.74) is 7.66. The van der Waals surface area contributed by atoms with E-state index >= 15 is 0 Å². The van der Waals surface area contributed by atoms with Gasteiger partial charge in [-0.1, -0.05) is 31.2 Å². The first-order chi connectivity index (χ1) is 7.67. The van der Waals surface area contributed by atoms with E-state index < -0.39 is 6.43 Å². The molecule has 0 unspecified atom stereocenters. The van der Waals surface area contributed by atoms with E-state index in [0.717, 1.165) is 11.1 Å². The van der Waals surface area contributed by atoms with E-state index in [-0.39, 0.29) is 6.54 Å². The molecule has 0 atom stereocenters. The van der Waals surface area contributed by atoms with Crippen molar-refractivity contribution in [3.63, 3.8) is 0 Å². The van der Waals surface area contributed by atoms with Crippen molar-refractivity contribution in [2.75, 3.05) is 13.1 Å². The van der Waals surface area contributed by atoms with Crippen LogP contribution in [0.3, 0.4) is 0 Å². The number of nitrogens with two attached hydrogens (primary N) is 1. The molecule has 0 heterocycles. The van der Waals surface area contributed by atoms with Crippen molar-refractivity contribution in [2.45, 2.75) is 26.4 Å². The average Bonchev–Trinajstić information content (AvgIpc) is 2.28. The maximum atomic E-state index is 12.3. The van der Waals surface area contributed by atoms with Crippen LogP contribution < -0.4 is 5.73 Å². The van der Waals surface area contributed by atoms with Gasteiger partial charge in [0, 0.05) is 13.1 Å². The van der Waals surface area contributed by atoms with Gasteiger partial charge in [-0.15, -0.1) is 0 Å². The standard InChI is InChI=1S/C12H18F2N2/c1-2-16(9-12(13)14)8-11-6-4-3-5-10(11)7-15/h3-6,12H,2,7-9,15H2,1H3. The second-order valence-corrected chi connectivity index (χ2v) is 3.69. The highest BCUT2D eigenvalue weighted by atomic mass is 19.3. The van der Waals surface area contributed by atoms with Crippen LogP contribution in [-0.4, -0.2) is 24.4 Å². The third-order valence-corrected chi connectivity index (χ3v) is 2.58. The highest BCUT2D eigenvalue weighted by Gasteiger charge is 2.11. The minimum Gasteiger partial charge on any atom is -0.326 e. The first-order valence-corrected chi connectivity index (χ1v) is 5.44. The van der Waals surface area contributed by atoms with Crippen LogP contribution in [0.5, 0.6) is 0 Å². The third-order valence-electron chi connectivity index (χ3n) is 2.58. The molecule has 0 aromatic heterocycles. The molecule has 0 saturated heterocycles. The molecule has 1 aromatic carbocycles. The Balaban J connectivity index is 2.69. The Hall–Kier alpha value is -1.00. The molecule has 0 fully saturated rings. The number of rotatable bonds is 6. The van der Waals surface area contributed by atoms with Gasteiger partial charge in [-0.2, -0.15) is 0 Å². The van der Waals surface area contributed by atoms with E-state index in [9.17, 15) is 8.78 Å². The highest BCUT2D eigenvalue weighted by molar-refractivity contribution is 5.26. The summed E-state index contributed by atoms with van der Waals surface area (Å²) in [6.07, 6.45) is -2.29. The van der Waals surface area contributed by atoms with Crippen LogP contribution in [0.25, 0.3) is 0 Å². The normalized spacial score (nSPS) is 11.4. The molecule has 0 bridgehead atoms. The van der Waals surface area contributed by atoms with Gasteiger partial charge in [0.1, 0.15) is 0 Å². The highest BCUT2D eigenvalue weighted by Crippen LogP contribution is 2.12. The number of halogens is 2. The lowest BCUT2D eigenvalue weighted by Crippen LogP contribution is -2.28. The van der Waals surface area contributed by atoms with E-state index in [0.29, 0.717) is 19.6 Å². The van der Waals surface area contributed by atoms with Crippen LogP contribution in [0.1, 0.15) is 18.1 Å². The lowest BCUT2D eigenvalue weighted by Gasteiger charge is -2.21. The van der Waals surface area contributed by atoms with Crippen molar-refractivity contribution in [1.82, 2.24) is 4.90 Å². The van der Waals surface area contributed by atoms with Gasteiger partial charge < -0.3 is 5.73 Å². The summed E-state index contributed by atoms with van der Waals surface area (Å²) < 4.78 is 24.6. The zero-order valence-electron chi connectivity index (χ0n) is 9.50. The number of hydrogen-bond acceptors (Lipinski definition) is 2. The Kier molecular flexibility index (Phi) is 5.35. The second-order valence-electron chi connectivity index (χ2n) is 3.69. The Morgan fingerprint density at radius 2 is 1.88 bits per heavy atom. The summed E-state index contributed by atoms with van der Waals surface area (Å²) in [6.45, 7) is 3.29. The molecule has 0 aliphatic carbocycles. The molecule has 90 valence electrons. The Bertz CT molecular complexity index is 316. The maximum Gasteiger partial charge on any atom is 0.251 e. The van der Waals surface area contributed by atoms with Crippen molar-refractivity contribution in [3.8, 4) is 0 Å². The number of nitrogens with zero attached hydrogens (tertiary/aromatic N) is 1. The number of alkyl halides is 2. The lowest BCUT2D eigenvalue weighted by molar-refractivity contribution is 0.0873. The van der Waals surface area contributed by atoms with Crippen molar-refractivity contribution >= 4 is 0 Å². The predicted octanol–water partition coefficient (Wildman–Crippen LogP) is 2.23. The summed E-state index contributed by atoms with van der Waals surface area (Å²) in [5, 5.41) is 0. The van der Waals surface area contributed by atoms with E-state index in [1.54, 1.807) is 4.90 Å². The largest absolute Gasteiger partial charge is 0.326 e. The zero-order valence-corrected chi connectivity index (χ0v) is 9.50. The van der Waals surface area contributed by atoms with Gasteiger partial charge in [0.2, 0.25) is 0 Å². The molecule has 0 amide bonds. The molecule has 2 N–H and O–H groups in total.